The predicted molar refractivity (Wildman–Crippen MR) is 146 cm³/mol. The van der Waals surface area contributed by atoms with Gasteiger partial charge in [-0.1, -0.05) is 37.4 Å². The zero-order chi connectivity index (χ0) is 27.1. The first kappa shape index (κ1) is 33.2. The monoisotopic (exact) mass is 660 g/mol. The van der Waals surface area contributed by atoms with E-state index in [-0.39, 0.29) is 55.8 Å². The Kier molecular flexibility index (Phi) is 13.8. The van der Waals surface area contributed by atoms with Crippen LogP contribution in [-0.4, -0.2) is 88.8 Å². The van der Waals surface area contributed by atoms with E-state index in [0.717, 1.165) is 24.6 Å². The molecule has 3 heterocycles. The van der Waals surface area contributed by atoms with Crippen molar-refractivity contribution < 1.29 is 52.6 Å². The van der Waals surface area contributed by atoms with Crippen LogP contribution >= 0.6 is 35.3 Å². The number of aromatic nitrogens is 3. The molecule has 2 aliphatic rings. The van der Waals surface area contributed by atoms with Crippen molar-refractivity contribution in [1.82, 2.24) is 30.5 Å². The van der Waals surface area contributed by atoms with Gasteiger partial charge in [-0.05, 0) is 25.3 Å². The van der Waals surface area contributed by atoms with E-state index in [1.807, 2.05) is 6.92 Å². The van der Waals surface area contributed by atoms with Gasteiger partial charge in [-0.15, -0.1) is 11.8 Å². The first-order valence-corrected chi connectivity index (χ1v) is 15.0. The Morgan fingerprint density at radius 1 is 1.32 bits per heavy atom. The summed E-state index contributed by atoms with van der Waals surface area (Å²) in [6.07, 6.45) is 1.85. The molecular weight excluding hydrogens is 627 g/mol. The van der Waals surface area contributed by atoms with Crippen molar-refractivity contribution in [2.45, 2.75) is 50.2 Å². The van der Waals surface area contributed by atoms with Crippen molar-refractivity contribution in [3.05, 3.63) is 27.3 Å². The standard InChI is InChI=1S/C22H33N7O5S3.Y/c1-5-7-23-21(24-8-6-2)36-11-14(27-34)15-18(31)29-16(20(32)33)13(9-35-19(15)29)10-37-22-25-17(30)12(3)26-28(22)4;/h14-15,19,27,34H,5-11H2,1-4H3,(H,23,24)(H,32,33);. The summed E-state index contributed by atoms with van der Waals surface area (Å²) in [5.74, 6) is -1.06. The number of aliphatic imine (C=N–C) groups is 1. The summed E-state index contributed by atoms with van der Waals surface area (Å²) >= 11 is 4.10. The van der Waals surface area contributed by atoms with Gasteiger partial charge in [-0.3, -0.25) is 19.5 Å². The van der Waals surface area contributed by atoms with E-state index in [9.17, 15) is 24.7 Å². The summed E-state index contributed by atoms with van der Waals surface area (Å²) in [6, 6.07) is -0.565. The molecule has 1 amide bonds. The van der Waals surface area contributed by atoms with Gasteiger partial charge in [0.1, 0.15) is 11.4 Å². The molecule has 3 rings (SSSR count). The number of thioether (sulfide) groups is 3. The van der Waals surface area contributed by atoms with Crippen LogP contribution in [0.1, 0.15) is 32.4 Å². The van der Waals surface area contributed by atoms with E-state index >= 15 is 0 Å². The number of rotatable bonds is 12. The molecule has 16 heteroatoms. The van der Waals surface area contributed by atoms with E-state index in [0.29, 0.717) is 28.8 Å². The zero-order valence-corrected chi connectivity index (χ0v) is 27.1. The Balaban J connectivity index is 0.00000507. The number of aliphatic carboxylic acids is 1. The largest absolute Gasteiger partial charge is 0.477 e. The minimum Gasteiger partial charge on any atom is -0.477 e. The Morgan fingerprint density at radius 3 is 2.68 bits per heavy atom. The van der Waals surface area contributed by atoms with Crippen LogP contribution < -0.4 is 16.4 Å². The molecule has 1 radical (unpaired) electrons. The molecule has 4 N–H and O–H groups in total. The summed E-state index contributed by atoms with van der Waals surface area (Å²) in [5.41, 5.74) is 2.65. The fraction of sp³-hybridized carbons (Fsp3) is 0.636. The number of hydrogen-bond acceptors (Lipinski definition) is 11. The van der Waals surface area contributed by atoms with E-state index < -0.39 is 28.9 Å². The number of nitrogens with one attached hydrogen (secondary N) is 2. The zero-order valence-electron chi connectivity index (χ0n) is 21.8. The first-order valence-electron chi connectivity index (χ1n) is 12.0. The van der Waals surface area contributed by atoms with Crippen LogP contribution in [0, 0.1) is 12.8 Å². The summed E-state index contributed by atoms with van der Waals surface area (Å²) in [6.45, 7) is 7.14. The molecule has 3 atom stereocenters. The Hall–Kier alpha value is -0.966. The van der Waals surface area contributed by atoms with Gasteiger partial charge < -0.3 is 15.6 Å². The summed E-state index contributed by atoms with van der Waals surface area (Å²) < 4.78 is 1.48. The third kappa shape index (κ3) is 7.82. The molecule has 2 aliphatic heterocycles. The number of amidine groups is 1. The van der Waals surface area contributed by atoms with Crippen molar-refractivity contribution in [1.29, 1.82) is 0 Å². The number of fused-ring (bicyclic) bond motifs is 1. The maximum Gasteiger partial charge on any atom is 0.352 e. The van der Waals surface area contributed by atoms with Crippen LogP contribution in [0.15, 0.2) is 26.2 Å². The average Bonchev–Trinajstić information content (AvgIpc) is 2.87. The fourth-order valence-corrected chi connectivity index (χ4v) is 7.41. The smallest absolute Gasteiger partial charge is 0.352 e. The Labute approximate surface area is 259 Å². The average molecular weight is 661 g/mol. The van der Waals surface area contributed by atoms with Crippen LogP contribution in [0.3, 0.4) is 0 Å². The molecule has 12 nitrogen and oxygen atoms in total. The second kappa shape index (κ2) is 15.7. The molecule has 1 fully saturated rings. The Bertz CT molecular complexity index is 1130. The molecule has 0 saturated carbocycles. The van der Waals surface area contributed by atoms with Crippen molar-refractivity contribution >= 4 is 52.3 Å². The number of carboxylic acid groups (broad SMARTS) is 1. The third-order valence-electron chi connectivity index (χ3n) is 5.75. The van der Waals surface area contributed by atoms with Crippen LogP contribution in [0.4, 0.5) is 0 Å². The maximum atomic E-state index is 13.2. The molecule has 0 aliphatic carbocycles. The van der Waals surface area contributed by atoms with Crippen molar-refractivity contribution in [3.8, 4) is 0 Å². The molecule has 38 heavy (non-hydrogen) atoms. The van der Waals surface area contributed by atoms with Crippen LogP contribution in [-0.2, 0) is 49.3 Å². The van der Waals surface area contributed by atoms with E-state index in [1.54, 1.807) is 14.0 Å². The number of hydrogen-bond donors (Lipinski definition) is 4. The minimum absolute atomic E-state index is 0. The number of carboxylic acids is 1. The van der Waals surface area contributed by atoms with Crippen molar-refractivity contribution in [2.24, 2.45) is 18.0 Å². The van der Waals surface area contributed by atoms with E-state index in [4.69, 9.17) is 0 Å². The molecule has 0 aromatic carbocycles. The minimum atomic E-state index is -1.18. The van der Waals surface area contributed by atoms with Gasteiger partial charge in [0.05, 0.1) is 17.3 Å². The number of hydroxylamine groups is 1. The molecule has 1 aromatic rings. The van der Waals surface area contributed by atoms with Gasteiger partial charge in [0, 0.05) is 70.1 Å². The van der Waals surface area contributed by atoms with E-state index in [1.165, 1.54) is 44.9 Å². The van der Waals surface area contributed by atoms with Crippen LogP contribution in [0.25, 0.3) is 0 Å². The van der Waals surface area contributed by atoms with Crippen molar-refractivity contribution in [2.75, 3.05) is 30.3 Å². The summed E-state index contributed by atoms with van der Waals surface area (Å²) in [7, 11) is 1.67. The SMILES string of the molecule is CCCN=C(NCCC)SCC(NO)C1C(=O)N2C(C(=O)O)=C(CSc3nc(=O)c(C)nn3C)CSC12.[Y]. The second-order valence-corrected chi connectivity index (χ2v) is 11.6. The molecule has 3 unspecified atom stereocenters. The van der Waals surface area contributed by atoms with Gasteiger partial charge in [-0.25, -0.2) is 15.0 Å². The van der Waals surface area contributed by atoms with E-state index in [2.05, 4.69) is 32.8 Å². The molecule has 0 spiro atoms. The first-order chi connectivity index (χ1) is 17.7. The summed E-state index contributed by atoms with van der Waals surface area (Å²) in [4.78, 5) is 47.1. The van der Waals surface area contributed by atoms with Gasteiger partial charge >= 0.3 is 5.97 Å². The van der Waals surface area contributed by atoms with Gasteiger partial charge in [0.15, 0.2) is 10.3 Å². The third-order valence-corrected chi connectivity index (χ3v) is 9.29. The maximum absolute atomic E-state index is 13.2. The normalized spacial score (nSPS) is 20.0. The topological polar surface area (TPSA) is 162 Å². The number of carbonyl (C=O) groups excluding carboxylic acids is 1. The number of amides is 1. The van der Waals surface area contributed by atoms with Crippen LogP contribution in [0.5, 0.6) is 0 Å². The molecule has 1 aromatic heterocycles. The van der Waals surface area contributed by atoms with Crippen molar-refractivity contribution in [3.63, 3.8) is 0 Å². The van der Waals surface area contributed by atoms with Gasteiger partial charge in [0.25, 0.3) is 5.56 Å². The number of carbonyl (C=O) groups is 2. The molecule has 1 saturated heterocycles. The van der Waals surface area contributed by atoms with Gasteiger partial charge in [-0.2, -0.15) is 10.1 Å². The van der Waals surface area contributed by atoms with Crippen LogP contribution in [0.2, 0.25) is 0 Å². The quantitative estimate of drug-likeness (QED) is 0.0838. The van der Waals surface area contributed by atoms with Gasteiger partial charge in [0.2, 0.25) is 5.91 Å². The molecule has 207 valence electrons. The number of aryl methyl sites for hydroxylation is 2. The predicted octanol–water partition coefficient (Wildman–Crippen LogP) is 1.29. The Morgan fingerprint density at radius 2 is 2.05 bits per heavy atom. The second-order valence-electron chi connectivity index (χ2n) is 8.55. The fourth-order valence-electron chi connectivity index (χ4n) is 3.88. The molecule has 0 bridgehead atoms. The number of β-lactam (4-membered cyclic amide) rings is 1. The summed E-state index contributed by atoms with van der Waals surface area (Å²) in [5, 5.41) is 27.9. The number of nitrogens with zero attached hydrogens (tertiary/aromatic N) is 5. The molecular formula is C22H33N7O5S3Y.